The highest BCUT2D eigenvalue weighted by atomic mass is 19.1. The predicted octanol–water partition coefficient (Wildman–Crippen LogP) is 3.41. The van der Waals surface area contributed by atoms with Crippen molar-refractivity contribution in [3.8, 4) is 0 Å². The monoisotopic (exact) mass is 483 g/mol. The average Bonchev–Trinajstić information content (AvgIpc) is 3.59. The summed E-state index contributed by atoms with van der Waals surface area (Å²) in [7, 11) is 0. The lowest BCUT2D eigenvalue weighted by Crippen LogP contribution is -2.44. The lowest BCUT2D eigenvalue weighted by Gasteiger charge is -2.29. The van der Waals surface area contributed by atoms with Gasteiger partial charge in [-0.25, -0.2) is 4.39 Å². The second-order valence-corrected chi connectivity index (χ2v) is 8.47. The fourth-order valence-electron chi connectivity index (χ4n) is 4.01. The quantitative estimate of drug-likeness (QED) is 0.416. The Morgan fingerprint density at radius 2 is 1.66 bits per heavy atom. The van der Waals surface area contributed by atoms with E-state index in [9.17, 15) is 14.0 Å². The van der Waals surface area contributed by atoms with Gasteiger partial charge < -0.3 is 23.4 Å². The van der Waals surface area contributed by atoms with Crippen LogP contribution in [0.2, 0.25) is 0 Å². The van der Waals surface area contributed by atoms with Gasteiger partial charge in [-0.3, -0.25) is 14.5 Å². The van der Waals surface area contributed by atoms with Crippen LogP contribution in [0.25, 0.3) is 0 Å². The first kappa shape index (κ1) is 24.7. The minimum atomic E-state index is -0.340. The zero-order valence-corrected chi connectivity index (χ0v) is 19.6. The van der Waals surface area contributed by atoms with Crippen molar-refractivity contribution in [2.45, 2.75) is 19.5 Å². The smallest absolute Gasteiger partial charge is 0.290 e. The molecule has 0 N–H and O–H groups in total. The van der Waals surface area contributed by atoms with Crippen LogP contribution in [0.15, 0.2) is 69.9 Å². The molecule has 9 heteroatoms. The second-order valence-electron chi connectivity index (χ2n) is 8.47. The first-order chi connectivity index (χ1) is 17.1. The van der Waals surface area contributed by atoms with E-state index >= 15 is 0 Å². The first-order valence-electron chi connectivity index (χ1n) is 11.8. The van der Waals surface area contributed by atoms with E-state index < -0.39 is 0 Å². The van der Waals surface area contributed by atoms with Gasteiger partial charge in [0.15, 0.2) is 5.76 Å². The molecule has 1 fully saturated rings. The molecular formula is C26H30FN3O5. The molecule has 0 aliphatic carbocycles. The summed E-state index contributed by atoms with van der Waals surface area (Å²) in [5, 5.41) is 0. The molecule has 0 bridgehead atoms. The van der Waals surface area contributed by atoms with E-state index in [0.717, 1.165) is 31.6 Å². The third-order valence-corrected chi connectivity index (χ3v) is 5.92. The number of morpholine rings is 1. The van der Waals surface area contributed by atoms with E-state index in [1.54, 1.807) is 47.6 Å². The van der Waals surface area contributed by atoms with E-state index in [4.69, 9.17) is 13.6 Å². The molecule has 0 radical (unpaired) electrons. The molecule has 0 saturated carbocycles. The Morgan fingerprint density at radius 1 is 0.914 bits per heavy atom. The number of ether oxygens (including phenoxy) is 1. The lowest BCUT2D eigenvalue weighted by molar-refractivity contribution is -0.133. The summed E-state index contributed by atoms with van der Waals surface area (Å²) < 4.78 is 29.5. The highest BCUT2D eigenvalue weighted by molar-refractivity contribution is 5.94. The standard InChI is InChI=1S/C26H30FN3O5/c27-22-8-6-21(7-9-22)18-30(19-23-4-1-14-34-23)25(31)20-29(26(32)24-5-2-15-35-24)11-3-10-28-12-16-33-17-13-28/h1-2,4-9,14-15H,3,10-13,16-20H2. The molecule has 0 atom stereocenters. The Kier molecular flexibility index (Phi) is 8.69. The minimum absolute atomic E-state index is 0.107. The van der Waals surface area contributed by atoms with Crippen LogP contribution in [-0.2, 0) is 22.6 Å². The third kappa shape index (κ3) is 7.27. The molecule has 8 nitrogen and oxygen atoms in total. The molecule has 4 rings (SSSR count). The molecule has 35 heavy (non-hydrogen) atoms. The first-order valence-corrected chi connectivity index (χ1v) is 11.8. The number of carbonyl (C=O) groups is 2. The number of benzene rings is 1. The van der Waals surface area contributed by atoms with Crippen molar-refractivity contribution in [3.63, 3.8) is 0 Å². The van der Waals surface area contributed by atoms with Crippen molar-refractivity contribution < 1.29 is 27.6 Å². The highest BCUT2D eigenvalue weighted by Crippen LogP contribution is 2.14. The minimum Gasteiger partial charge on any atom is -0.467 e. The molecule has 1 aliphatic rings. The van der Waals surface area contributed by atoms with Gasteiger partial charge in [-0.2, -0.15) is 0 Å². The number of hydrogen-bond acceptors (Lipinski definition) is 6. The number of nitrogens with zero attached hydrogens (tertiary/aromatic N) is 3. The number of furan rings is 2. The van der Waals surface area contributed by atoms with E-state index in [0.29, 0.717) is 25.5 Å². The van der Waals surface area contributed by atoms with E-state index in [1.165, 1.54) is 23.3 Å². The van der Waals surface area contributed by atoms with Gasteiger partial charge in [-0.1, -0.05) is 12.1 Å². The zero-order valence-electron chi connectivity index (χ0n) is 19.6. The topological polar surface area (TPSA) is 79.4 Å². The summed E-state index contributed by atoms with van der Waals surface area (Å²) in [6.07, 6.45) is 3.71. The third-order valence-electron chi connectivity index (χ3n) is 5.92. The maximum Gasteiger partial charge on any atom is 0.290 e. The van der Waals surface area contributed by atoms with Gasteiger partial charge in [0.05, 0.1) is 32.3 Å². The largest absolute Gasteiger partial charge is 0.467 e. The van der Waals surface area contributed by atoms with Crippen LogP contribution in [0.1, 0.15) is 28.3 Å². The maximum atomic E-state index is 13.4. The van der Waals surface area contributed by atoms with Crippen molar-refractivity contribution in [1.82, 2.24) is 14.7 Å². The fourth-order valence-corrected chi connectivity index (χ4v) is 4.01. The number of rotatable bonds is 11. The normalized spacial score (nSPS) is 14.1. The van der Waals surface area contributed by atoms with Crippen molar-refractivity contribution >= 4 is 11.8 Å². The van der Waals surface area contributed by atoms with E-state index in [-0.39, 0.29) is 43.0 Å². The van der Waals surface area contributed by atoms with Crippen molar-refractivity contribution in [1.29, 1.82) is 0 Å². The summed E-state index contributed by atoms with van der Waals surface area (Å²) in [6, 6.07) is 12.8. The molecule has 2 aromatic heterocycles. The van der Waals surface area contributed by atoms with Gasteiger partial charge >= 0.3 is 0 Å². The Morgan fingerprint density at radius 3 is 2.34 bits per heavy atom. The molecule has 186 valence electrons. The van der Waals surface area contributed by atoms with Gasteiger partial charge in [0.1, 0.15) is 18.1 Å². The van der Waals surface area contributed by atoms with Crippen LogP contribution in [0.5, 0.6) is 0 Å². The molecule has 1 aromatic carbocycles. The molecule has 1 saturated heterocycles. The SMILES string of the molecule is O=C(CN(CCCN1CCOCC1)C(=O)c1ccco1)N(Cc1ccc(F)cc1)Cc1ccco1. The molecule has 3 heterocycles. The number of amides is 2. The molecule has 0 unspecified atom stereocenters. The van der Waals surface area contributed by atoms with Crippen LogP contribution in [0.3, 0.4) is 0 Å². The number of halogens is 1. The summed E-state index contributed by atoms with van der Waals surface area (Å²) in [4.78, 5) is 32.0. The lowest BCUT2D eigenvalue weighted by atomic mass is 10.2. The molecule has 0 spiro atoms. The Bertz CT molecular complexity index is 1050. The predicted molar refractivity (Wildman–Crippen MR) is 126 cm³/mol. The molecular weight excluding hydrogens is 453 g/mol. The van der Waals surface area contributed by atoms with Crippen LogP contribution >= 0.6 is 0 Å². The van der Waals surface area contributed by atoms with E-state index in [1.807, 2.05) is 0 Å². The van der Waals surface area contributed by atoms with Crippen LogP contribution < -0.4 is 0 Å². The molecule has 3 aromatic rings. The summed E-state index contributed by atoms with van der Waals surface area (Å²) in [6.45, 7) is 4.75. The zero-order chi connectivity index (χ0) is 24.5. The summed E-state index contributed by atoms with van der Waals surface area (Å²) >= 11 is 0. The van der Waals surface area contributed by atoms with Crippen molar-refractivity contribution in [2.75, 3.05) is 45.9 Å². The molecule has 1 aliphatic heterocycles. The fraction of sp³-hybridized carbons (Fsp3) is 0.385. The van der Waals surface area contributed by atoms with Crippen molar-refractivity contribution in [3.05, 3.63) is 84.0 Å². The van der Waals surface area contributed by atoms with Crippen LogP contribution in [0.4, 0.5) is 4.39 Å². The van der Waals surface area contributed by atoms with Crippen LogP contribution in [0, 0.1) is 5.82 Å². The maximum absolute atomic E-state index is 13.4. The summed E-state index contributed by atoms with van der Waals surface area (Å²) in [5.41, 5.74) is 0.780. The van der Waals surface area contributed by atoms with E-state index in [2.05, 4.69) is 4.90 Å². The highest BCUT2D eigenvalue weighted by Gasteiger charge is 2.25. The molecule has 2 amide bonds. The Hall–Kier alpha value is -3.43. The van der Waals surface area contributed by atoms with Gasteiger partial charge in [0, 0.05) is 32.7 Å². The Labute approximate surface area is 203 Å². The van der Waals surface area contributed by atoms with Gasteiger partial charge in [0.2, 0.25) is 5.91 Å². The number of hydrogen-bond donors (Lipinski definition) is 0. The van der Waals surface area contributed by atoms with Crippen LogP contribution in [-0.4, -0.2) is 72.5 Å². The average molecular weight is 484 g/mol. The van der Waals surface area contributed by atoms with Gasteiger partial charge in [0.25, 0.3) is 5.91 Å². The van der Waals surface area contributed by atoms with Crippen molar-refractivity contribution in [2.24, 2.45) is 0 Å². The Balaban J connectivity index is 1.45. The van der Waals surface area contributed by atoms with Gasteiger partial charge in [-0.05, 0) is 48.4 Å². The second kappa shape index (κ2) is 12.3. The number of carbonyl (C=O) groups excluding carboxylic acids is 2. The summed E-state index contributed by atoms with van der Waals surface area (Å²) in [5.74, 6) is -0.0906. The van der Waals surface area contributed by atoms with Gasteiger partial charge in [-0.15, -0.1) is 0 Å².